The van der Waals surface area contributed by atoms with Crippen molar-refractivity contribution in [2.75, 3.05) is 26.2 Å². The Balaban J connectivity index is 1.84. The Bertz CT molecular complexity index is 531. The first-order valence-electron chi connectivity index (χ1n) is 7.50. The minimum absolute atomic E-state index is 0.0888. The maximum absolute atomic E-state index is 12.9. The van der Waals surface area contributed by atoms with Crippen LogP contribution in [0, 0.1) is 11.7 Å². The minimum atomic E-state index is -0.292. The Kier molecular flexibility index (Phi) is 5.35. The Hall–Kier alpha value is -2.11. The van der Waals surface area contributed by atoms with Crippen molar-refractivity contribution < 1.29 is 14.0 Å². The lowest BCUT2D eigenvalue weighted by molar-refractivity contribution is -0.121. The number of nitrogens with one attached hydrogen (secondary N) is 1. The highest BCUT2D eigenvalue weighted by molar-refractivity contribution is 5.85. The zero-order valence-electron chi connectivity index (χ0n) is 13.0. The van der Waals surface area contributed by atoms with Crippen molar-refractivity contribution in [3.63, 3.8) is 0 Å². The van der Waals surface area contributed by atoms with E-state index in [1.54, 1.807) is 21.9 Å². The van der Waals surface area contributed by atoms with Crippen LogP contribution >= 0.6 is 0 Å². The van der Waals surface area contributed by atoms with Gasteiger partial charge in [-0.3, -0.25) is 4.79 Å². The molecule has 1 saturated heterocycles. The van der Waals surface area contributed by atoms with Gasteiger partial charge in [0.05, 0.1) is 0 Å². The predicted octanol–water partition coefficient (Wildman–Crippen LogP) is 1.84. The maximum atomic E-state index is 12.9. The standard InChI is InChI=1S/C16H22FN3O2/c1-12(2)9-18-15(21)11-20-8-7-19(16(20)22)10-13-3-5-14(17)6-4-13/h3-6,12H,7-11H2,1-2H3,(H,18,21). The number of hydrogen-bond acceptors (Lipinski definition) is 2. The second-order valence-electron chi connectivity index (χ2n) is 5.95. The average molecular weight is 307 g/mol. The van der Waals surface area contributed by atoms with Crippen molar-refractivity contribution in [1.82, 2.24) is 15.1 Å². The van der Waals surface area contributed by atoms with E-state index in [0.29, 0.717) is 32.1 Å². The summed E-state index contributed by atoms with van der Waals surface area (Å²) in [6.07, 6.45) is 0. The summed E-state index contributed by atoms with van der Waals surface area (Å²) >= 11 is 0. The third-order valence-corrected chi connectivity index (χ3v) is 3.51. The molecular weight excluding hydrogens is 285 g/mol. The fourth-order valence-corrected chi connectivity index (χ4v) is 2.28. The van der Waals surface area contributed by atoms with Crippen molar-refractivity contribution >= 4 is 11.9 Å². The van der Waals surface area contributed by atoms with E-state index < -0.39 is 0 Å². The Morgan fingerprint density at radius 2 is 1.86 bits per heavy atom. The van der Waals surface area contributed by atoms with Crippen LogP contribution in [-0.4, -0.2) is 47.9 Å². The van der Waals surface area contributed by atoms with Gasteiger partial charge in [0.15, 0.2) is 0 Å². The highest BCUT2D eigenvalue weighted by Crippen LogP contribution is 2.13. The highest BCUT2D eigenvalue weighted by Gasteiger charge is 2.29. The molecule has 3 amide bonds. The quantitative estimate of drug-likeness (QED) is 0.872. The summed E-state index contributed by atoms with van der Waals surface area (Å²) in [5.74, 6) is -0.0427. The van der Waals surface area contributed by atoms with E-state index in [2.05, 4.69) is 5.32 Å². The van der Waals surface area contributed by atoms with Crippen LogP contribution in [0.15, 0.2) is 24.3 Å². The lowest BCUT2D eigenvalue weighted by Gasteiger charge is -2.18. The van der Waals surface area contributed by atoms with Crippen molar-refractivity contribution in [2.24, 2.45) is 5.92 Å². The third kappa shape index (κ3) is 4.44. The Labute approximate surface area is 130 Å². The normalized spacial score (nSPS) is 14.8. The predicted molar refractivity (Wildman–Crippen MR) is 81.6 cm³/mol. The van der Waals surface area contributed by atoms with Crippen LogP contribution in [0.5, 0.6) is 0 Å². The van der Waals surface area contributed by atoms with Gasteiger partial charge in [-0.2, -0.15) is 0 Å². The number of urea groups is 1. The molecule has 0 aromatic heterocycles. The number of rotatable bonds is 6. The first kappa shape index (κ1) is 16.3. The number of halogens is 1. The molecule has 1 aliphatic heterocycles. The van der Waals surface area contributed by atoms with Crippen LogP contribution < -0.4 is 5.32 Å². The summed E-state index contributed by atoms with van der Waals surface area (Å²) in [6, 6.07) is 5.95. The monoisotopic (exact) mass is 307 g/mol. The number of nitrogens with zero attached hydrogens (tertiary/aromatic N) is 2. The molecule has 0 saturated carbocycles. The smallest absolute Gasteiger partial charge is 0.320 e. The zero-order chi connectivity index (χ0) is 16.1. The number of benzene rings is 1. The topological polar surface area (TPSA) is 52.7 Å². The van der Waals surface area contributed by atoms with Crippen molar-refractivity contribution in [3.05, 3.63) is 35.6 Å². The summed E-state index contributed by atoms with van der Waals surface area (Å²) in [5.41, 5.74) is 0.876. The van der Waals surface area contributed by atoms with Gasteiger partial charge in [-0.05, 0) is 23.6 Å². The summed E-state index contributed by atoms with van der Waals surface area (Å²) < 4.78 is 12.9. The largest absolute Gasteiger partial charge is 0.354 e. The summed E-state index contributed by atoms with van der Waals surface area (Å²) in [6.45, 7) is 6.29. The van der Waals surface area contributed by atoms with Crippen LogP contribution in [0.4, 0.5) is 9.18 Å². The maximum Gasteiger partial charge on any atom is 0.320 e. The molecule has 0 aliphatic carbocycles. The van der Waals surface area contributed by atoms with Gasteiger partial charge in [0.25, 0.3) is 0 Å². The van der Waals surface area contributed by atoms with Gasteiger partial charge < -0.3 is 15.1 Å². The van der Waals surface area contributed by atoms with Crippen LogP contribution in [-0.2, 0) is 11.3 Å². The van der Waals surface area contributed by atoms with E-state index in [4.69, 9.17) is 0 Å². The molecule has 1 aromatic carbocycles. The molecule has 1 N–H and O–H groups in total. The first-order chi connectivity index (χ1) is 10.5. The Morgan fingerprint density at radius 1 is 1.23 bits per heavy atom. The van der Waals surface area contributed by atoms with Gasteiger partial charge in [-0.25, -0.2) is 9.18 Å². The highest BCUT2D eigenvalue weighted by atomic mass is 19.1. The zero-order valence-corrected chi connectivity index (χ0v) is 13.0. The fraction of sp³-hybridized carbons (Fsp3) is 0.500. The van der Waals surface area contributed by atoms with Crippen LogP contribution in [0.2, 0.25) is 0 Å². The summed E-state index contributed by atoms with van der Waals surface area (Å²) in [5, 5.41) is 2.81. The van der Waals surface area contributed by atoms with Crippen molar-refractivity contribution in [1.29, 1.82) is 0 Å². The third-order valence-electron chi connectivity index (χ3n) is 3.51. The minimum Gasteiger partial charge on any atom is -0.354 e. The van der Waals surface area contributed by atoms with E-state index in [-0.39, 0.29) is 24.3 Å². The van der Waals surface area contributed by atoms with Gasteiger partial charge in [-0.1, -0.05) is 26.0 Å². The van der Waals surface area contributed by atoms with E-state index in [1.807, 2.05) is 13.8 Å². The van der Waals surface area contributed by atoms with Crippen LogP contribution in [0.1, 0.15) is 19.4 Å². The molecule has 1 aliphatic rings. The van der Waals surface area contributed by atoms with Gasteiger partial charge in [0.1, 0.15) is 12.4 Å². The van der Waals surface area contributed by atoms with Gasteiger partial charge in [0, 0.05) is 26.2 Å². The molecule has 5 nitrogen and oxygen atoms in total. The number of amides is 3. The second kappa shape index (κ2) is 7.24. The van der Waals surface area contributed by atoms with Gasteiger partial charge in [-0.15, -0.1) is 0 Å². The molecule has 1 heterocycles. The van der Waals surface area contributed by atoms with Gasteiger partial charge >= 0.3 is 6.03 Å². The number of hydrogen-bond donors (Lipinski definition) is 1. The lowest BCUT2D eigenvalue weighted by Crippen LogP contribution is -2.40. The molecule has 0 unspecified atom stereocenters. The van der Waals surface area contributed by atoms with Crippen LogP contribution in [0.3, 0.4) is 0 Å². The molecule has 0 radical (unpaired) electrons. The second-order valence-corrected chi connectivity index (χ2v) is 5.95. The average Bonchev–Trinajstić information content (AvgIpc) is 2.80. The van der Waals surface area contributed by atoms with E-state index in [1.165, 1.54) is 12.1 Å². The Morgan fingerprint density at radius 3 is 2.50 bits per heavy atom. The molecule has 0 atom stereocenters. The molecule has 1 fully saturated rings. The lowest BCUT2D eigenvalue weighted by atomic mass is 10.2. The van der Waals surface area contributed by atoms with Gasteiger partial charge in [0.2, 0.25) is 5.91 Å². The number of carbonyl (C=O) groups is 2. The van der Waals surface area contributed by atoms with Crippen molar-refractivity contribution in [3.8, 4) is 0 Å². The van der Waals surface area contributed by atoms with Crippen LogP contribution in [0.25, 0.3) is 0 Å². The van der Waals surface area contributed by atoms with E-state index in [9.17, 15) is 14.0 Å². The molecule has 1 aromatic rings. The summed E-state index contributed by atoms with van der Waals surface area (Å²) in [4.78, 5) is 27.2. The molecule has 120 valence electrons. The molecule has 0 bridgehead atoms. The molecule has 22 heavy (non-hydrogen) atoms. The summed E-state index contributed by atoms with van der Waals surface area (Å²) in [7, 11) is 0. The van der Waals surface area contributed by atoms with Crippen molar-refractivity contribution in [2.45, 2.75) is 20.4 Å². The SMILES string of the molecule is CC(C)CNC(=O)CN1CCN(Cc2ccc(F)cc2)C1=O. The molecule has 2 rings (SSSR count). The molecular formula is C16H22FN3O2. The van der Waals surface area contributed by atoms with E-state index >= 15 is 0 Å². The van der Waals surface area contributed by atoms with E-state index in [0.717, 1.165) is 5.56 Å². The molecule has 6 heteroatoms. The fourth-order valence-electron chi connectivity index (χ4n) is 2.28. The first-order valence-corrected chi connectivity index (χ1v) is 7.50. The molecule has 0 spiro atoms. The number of carbonyl (C=O) groups excluding carboxylic acids is 2.